The lowest BCUT2D eigenvalue weighted by Crippen LogP contribution is -2.25. The second-order valence-corrected chi connectivity index (χ2v) is 7.22. The molecule has 1 N–H and O–H groups in total. The van der Waals surface area contributed by atoms with Gasteiger partial charge in [-0.05, 0) is 31.0 Å². The molecular formula is C15H18Cl2N2S. The zero-order valence-corrected chi connectivity index (χ0v) is 13.5. The Morgan fingerprint density at radius 2 is 1.90 bits per heavy atom. The summed E-state index contributed by atoms with van der Waals surface area (Å²) in [6.07, 6.45) is 0. The van der Waals surface area contributed by atoms with Crippen LogP contribution in [0.4, 0.5) is 0 Å². The van der Waals surface area contributed by atoms with Crippen LogP contribution in [-0.2, 0) is 6.54 Å². The minimum Gasteiger partial charge on any atom is -0.316 e. The molecule has 0 amide bonds. The van der Waals surface area contributed by atoms with Gasteiger partial charge in [-0.3, -0.25) is 4.90 Å². The molecule has 0 radical (unpaired) electrons. The third-order valence-corrected chi connectivity index (χ3v) is 6.13. The molecule has 0 spiro atoms. The molecule has 1 aromatic carbocycles. The van der Waals surface area contributed by atoms with E-state index in [9.17, 15) is 0 Å². The van der Waals surface area contributed by atoms with Crippen molar-refractivity contribution in [2.75, 3.05) is 26.2 Å². The fourth-order valence-electron chi connectivity index (χ4n) is 3.45. The summed E-state index contributed by atoms with van der Waals surface area (Å²) in [5.74, 6) is 1.71. The van der Waals surface area contributed by atoms with Gasteiger partial charge in [-0.25, -0.2) is 0 Å². The van der Waals surface area contributed by atoms with Gasteiger partial charge in [0.05, 0.1) is 5.02 Å². The summed E-state index contributed by atoms with van der Waals surface area (Å²) in [5, 5.41) is 5.67. The molecule has 108 valence electrons. The number of hydrogen-bond acceptors (Lipinski definition) is 3. The van der Waals surface area contributed by atoms with Crippen LogP contribution >= 0.6 is 35.3 Å². The van der Waals surface area contributed by atoms with Gasteiger partial charge in [0.2, 0.25) is 0 Å². The Labute approximate surface area is 134 Å². The van der Waals surface area contributed by atoms with Gasteiger partial charge in [0.25, 0.3) is 0 Å². The van der Waals surface area contributed by atoms with Gasteiger partial charge in [-0.2, -0.15) is 0 Å². The number of hydrogen-bond donors (Lipinski definition) is 1. The van der Waals surface area contributed by atoms with Crippen LogP contribution in [0.5, 0.6) is 0 Å². The maximum atomic E-state index is 6.53. The van der Waals surface area contributed by atoms with Crippen molar-refractivity contribution in [3.63, 3.8) is 0 Å². The van der Waals surface area contributed by atoms with E-state index in [1.165, 1.54) is 41.1 Å². The topological polar surface area (TPSA) is 15.3 Å². The zero-order valence-electron chi connectivity index (χ0n) is 11.1. The average Bonchev–Trinajstić information content (AvgIpc) is 3.05. The maximum Gasteiger partial charge on any atom is 0.0637 e. The predicted molar refractivity (Wildman–Crippen MR) is 89.2 cm³/mol. The van der Waals surface area contributed by atoms with E-state index in [4.69, 9.17) is 11.6 Å². The van der Waals surface area contributed by atoms with E-state index >= 15 is 0 Å². The third kappa shape index (κ3) is 2.46. The molecule has 2 aliphatic heterocycles. The molecule has 0 aliphatic carbocycles. The van der Waals surface area contributed by atoms with E-state index in [1.54, 1.807) is 0 Å². The maximum absolute atomic E-state index is 6.53. The molecule has 0 unspecified atom stereocenters. The molecule has 5 heteroatoms. The minimum absolute atomic E-state index is 0. The second-order valence-electron chi connectivity index (χ2n) is 5.71. The van der Waals surface area contributed by atoms with Crippen molar-refractivity contribution in [1.29, 1.82) is 0 Å². The molecule has 0 bridgehead atoms. The number of nitrogens with zero attached hydrogens (tertiary/aromatic N) is 1. The Kier molecular flexibility index (Phi) is 4.25. The van der Waals surface area contributed by atoms with E-state index in [2.05, 4.69) is 34.5 Å². The molecule has 2 fully saturated rings. The number of likely N-dealkylation sites (tertiary alicyclic amines) is 1. The molecule has 2 aromatic rings. The monoisotopic (exact) mass is 328 g/mol. The van der Waals surface area contributed by atoms with Gasteiger partial charge in [-0.15, -0.1) is 23.7 Å². The third-order valence-electron chi connectivity index (χ3n) is 4.43. The molecule has 2 saturated heterocycles. The van der Waals surface area contributed by atoms with E-state index in [1.807, 2.05) is 11.3 Å². The molecular weight excluding hydrogens is 311 g/mol. The highest BCUT2D eigenvalue weighted by molar-refractivity contribution is 7.19. The van der Waals surface area contributed by atoms with Gasteiger partial charge in [0.1, 0.15) is 0 Å². The summed E-state index contributed by atoms with van der Waals surface area (Å²) in [5.41, 5.74) is 0. The zero-order chi connectivity index (χ0) is 12.8. The van der Waals surface area contributed by atoms with Crippen molar-refractivity contribution in [3.05, 3.63) is 34.2 Å². The fraction of sp³-hybridized carbons (Fsp3) is 0.467. The largest absolute Gasteiger partial charge is 0.316 e. The fourth-order valence-corrected chi connectivity index (χ4v) is 4.99. The van der Waals surface area contributed by atoms with E-state index in [0.717, 1.165) is 23.4 Å². The predicted octanol–water partition coefficient (Wildman–Crippen LogP) is 3.63. The van der Waals surface area contributed by atoms with E-state index in [-0.39, 0.29) is 12.4 Å². The lowest BCUT2D eigenvalue weighted by atomic mass is 10.0. The quantitative estimate of drug-likeness (QED) is 0.905. The Morgan fingerprint density at radius 1 is 1.20 bits per heavy atom. The smallest absolute Gasteiger partial charge is 0.0637 e. The highest BCUT2D eigenvalue weighted by Gasteiger charge is 2.36. The Hall–Kier alpha value is -0.320. The lowest BCUT2D eigenvalue weighted by Gasteiger charge is -2.15. The number of benzene rings is 1. The normalized spacial score (nSPS) is 25.9. The highest BCUT2D eigenvalue weighted by atomic mass is 35.5. The van der Waals surface area contributed by atoms with Crippen LogP contribution in [-0.4, -0.2) is 31.1 Å². The van der Waals surface area contributed by atoms with E-state index in [0.29, 0.717) is 0 Å². The molecule has 20 heavy (non-hydrogen) atoms. The highest BCUT2D eigenvalue weighted by Crippen LogP contribution is 2.37. The van der Waals surface area contributed by atoms with Crippen molar-refractivity contribution in [3.8, 4) is 0 Å². The number of rotatable bonds is 2. The molecule has 2 atom stereocenters. The second kappa shape index (κ2) is 5.82. The van der Waals surface area contributed by atoms with Crippen molar-refractivity contribution >= 4 is 45.4 Å². The number of nitrogens with one attached hydrogen (secondary N) is 1. The summed E-state index contributed by atoms with van der Waals surface area (Å²) < 4.78 is 1.31. The first-order valence-electron chi connectivity index (χ1n) is 6.90. The van der Waals surface area contributed by atoms with Crippen molar-refractivity contribution in [2.24, 2.45) is 11.8 Å². The van der Waals surface area contributed by atoms with Gasteiger partial charge < -0.3 is 5.32 Å². The van der Waals surface area contributed by atoms with Crippen LogP contribution in [0.1, 0.15) is 4.88 Å². The minimum atomic E-state index is 0. The first-order chi connectivity index (χ1) is 9.31. The molecule has 1 aromatic heterocycles. The molecule has 0 saturated carbocycles. The molecule has 4 rings (SSSR count). The molecule has 3 heterocycles. The van der Waals surface area contributed by atoms with Crippen LogP contribution in [0.15, 0.2) is 24.3 Å². The number of thiophene rings is 1. The summed E-state index contributed by atoms with van der Waals surface area (Å²) in [4.78, 5) is 3.91. The summed E-state index contributed by atoms with van der Waals surface area (Å²) in [7, 11) is 0. The van der Waals surface area contributed by atoms with Gasteiger partial charge in [0, 0.05) is 34.6 Å². The van der Waals surface area contributed by atoms with Crippen molar-refractivity contribution < 1.29 is 0 Å². The number of halogens is 2. The Morgan fingerprint density at radius 3 is 2.60 bits per heavy atom. The average molecular weight is 329 g/mol. The number of fused-ring (bicyclic) bond motifs is 2. The Bertz CT molecular complexity index is 601. The van der Waals surface area contributed by atoms with Crippen LogP contribution in [0.2, 0.25) is 5.02 Å². The van der Waals surface area contributed by atoms with Crippen LogP contribution < -0.4 is 5.32 Å². The summed E-state index contributed by atoms with van der Waals surface area (Å²) >= 11 is 8.38. The lowest BCUT2D eigenvalue weighted by molar-refractivity contribution is 0.308. The SMILES string of the molecule is Cl.Clc1c(CN2C[C@H]3CNC[C@H]3C2)sc2ccccc12. The summed E-state index contributed by atoms with van der Waals surface area (Å²) in [6, 6.07) is 8.44. The van der Waals surface area contributed by atoms with Crippen LogP contribution in [0.25, 0.3) is 10.1 Å². The van der Waals surface area contributed by atoms with Crippen LogP contribution in [0, 0.1) is 11.8 Å². The molecule has 2 nitrogen and oxygen atoms in total. The standard InChI is InChI=1S/C15H17ClN2S.ClH/c16-15-12-3-1-2-4-13(12)19-14(15)9-18-7-10-5-17-6-11(10)8-18;/h1-4,10-11,17H,5-9H2;1H/t10-,11+;. The van der Waals surface area contributed by atoms with Gasteiger partial charge in [0.15, 0.2) is 0 Å². The van der Waals surface area contributed by atoms with Gasteiger partial charge in [-0.1, -0.05) is 29.8 Å². The van der Waals surface area contributed by atoms with Crippen molar-refractivity contribution in [2.45, 2.75) is 6.54 Å². The summed E-state index contributed by atoms with van der Waals surface area (Å²) in [6.45, 7) is 5.86. The first-order valence-corrected chi connectivity index (χ1v) is 8.09. The Balaban J connectivity index is 0.00000121. The molecule has 2 aliphatic rings. The van der Waals surface area contributed by atoms with E-state index < -0.39 is 0 Å². The first kappa shape index (κ1) is 14.6. The van der Waals surface area contributed by atoms with Gasteiger partial charge >= 0.3 is 0 Å². The van der Waals surface area contributed by atoms with Crippen LogP contribution in [0.3, 0.4) is 0 Å². The van der Waals surface area contributed by atoms with Crippen molar-refractivity contribution in [1.82, 2.24) is 10.2 Å².